The molecule has 1 aliphatic rings. The molecule has 2 aromatic rings. The minimum absolute atomic E-state index is 1.04. The van der Waals surface area contributed by atoms with Crippen molar-refractivity contribution in [2.24, 2.45) is 0 Å². The quantitative estimate of drug-likeness (QED) is 0.670. The van der Waals surface area contributed by atoms with Crippen LogP contribution in [0, 0.1) is 3.57 Å². The molecule has 1 nitrogen and oxygen atoms in total. The zero-order valence-electron chi connectivity index (χ0n) is 7.59. The lowest BCUT2D eigenvalue weighted by Crippen LogP contribution is -1.87. The predicted molar refractivity (Wildman–Crippen MR) is 66.3 cm³/mol. The summed E-state index contributed by atoms with van der Waals surface area (Å²) in [7, 11) is 0. The van der Waals surface area contributed by atoms with E-state index in [4.69, 9.17) is 4.42 Å². The second-order valence-corrected chi connectivity index (χ2v) is 4.66. The van der Waals surface area contributed by atoms with Gasteiger partial charge in [-0.1, -0.05) is 24.3 Å². The molecule has 1 aromatic carbocycles. The highest BCUT2D eigenvalue weighted by atomic mass is 127. The van der Waals surface area contributed by atoms with Crippen molar-refractivity contribution in [2.45, 2.75) is 12.8 Å². The minimum Gasteiger partial charge on any atom is -0.459 e. The summed E-state index contributed by atoms with van der Waals surface area (Å²) in [5.74, 6) is 1.15. The molecule has 1 aromatic heterocycles. The van der Waals surface area contributed by atoms with E-state index in [9.17, 15) is 0 Å². The Labute approximate surface area is 95.9 Å². The van der Waals surface area contributed by atoms with Crippen LogP contribution in [0.15, 0.2) is 28.7 Å². The van der Waals surface area contributed by atoms with Gasteiger partial charge < -0.3 is 4.42 Å². The van der Waals surface area contributed by atoms with Gasteiger partial charge in [-0.05, 0) is 35.1 Å². The number of aryl methyl sites for hydroxylation is 1. The molecule has 0 amide bonds. The van der Waals surface area contributed by atoms with Gasteiger partial charge in [0, 0.05) is 17.4 Å². The number of para-hydroxylation sites is 1. The third-order valence-electron chi connectivity index (χ3n) is 2.61. The summed E-state index contributed by atoms with van der Waals surface area (Å²) in [5.41, 5.74) is 2.33. The standard InChI is InChI=1S/C12H9IO/c13-10-6-3-5-9-8-4-1-2-7-11(8)14-12(9)10/h1,3-6H,2,7H2. The Kier molecular flexibility index (Phi) is 1.90. The van der Waals surface area contributed by atoms with Crippen molar-refractivity contribution in [3.05, 3.63) is 39.2 Å². The van der Waals surface area contributed by atoms with E-state index < -0.39 is 0 Å². The van der Waals surface area contributed by atoms with Crippen LogP contribution in [0.2, 0.25) is 0 Å². The first-order valence-corrected chi connectivity index (χ1v) is 5.80. The summed E-state index contributed by atoms with van der Waals surface area (Å²) in [6.45, 7) is 0. The van der Waals surface area contributed by atoms with Gasteiger partial charge in [0.2, 0.25) is 0 Å². The van der Waals surface area contributed by atoms with Gasteiger partial charge in [0.05, 0.1) is 3.57 Å². The molecule has 3 rings (SSSR count). The zero-order chi connectivity index (χ0) is 9.54. The van der Waals surface area contributed by atoms with E-state index in [-0.39, 0.29) is 0 Å². The molecule has 2 heteroatoms. The third kappa shape index (κ3) is 1.13. The molecule has 0 saturated heterocycles. The number of rotatable bonds is 0. The maximum Gasteiger partial charge on any atom is 0.148 e. The van der Waals surface area contributed by atoms with Crippen molar-refractivity contribution < 1.29 is 4.42 Å². The average Bonchev–Trinajstić information content (AvgIpc) is 2.59. The summed E-state index contributed by atoms with van der Waals surface area (Å²) >= 11 is 2.32. The van der Waals surface area contributed by atoms with E-state index in [1.165, 1.54) is 14.5 Å². The molecular weight excluding hydrogens is 287 g/mol. The van der Waals surface area contributed by atoms with E-state index in [1.54, 1.807) is 0 Å². The van der Waals surface area contributed by atoms with E-state index in [0.29, 0.717) is 0 Å². The topological polar surface area (TPSA) is 13.1 Å². The molecule has 0 spiro atoms. The summed E-state index contributed by atoms with van der Waals surface area (Å²) in [5, 5.41) is 1.25. The first-order chi connectivity index (χ1) is 6.86. The van der Waals surface area contributed by atoms with Crippen LogP contribution >= 0.6 is 22.6 Å². The monoisotopic (exact) mass is 296 g/mol. The SMILES string of the molecule is Ic1cccc2c3c(oc12)CCC=C3. The Morgan fingerprint density at radius 3 is 3.14 bits per heavy atom. The van der Waals surface area contributed by atoms with Crippen LogP contribution in [-0.2, 0) is 6.42 Å². The summed E-state index contributed by atoms with van der Waals surface area (Å²) in [4.78, 5) is 0. The van der Waals surface area contributed by atoms with Crippen molar-refractivity contribution in [3.8, 4) is 0 Å². The second-order valence-electron chi connectivity index (χ2n) is 3.50. The molecule has 14 heavy (non-hydrogen) atoms. The molecule has 0 bridgehead atoms. The predicted octanol–water partition coefficient (Wildman–Crippen LogP) is 4.00. The Hall–Kier alpha value is -0.770. The molecule has 0 saturated carbocycles. The number of fused-ring (bicyclic) bond motifs is 3. The van der Waals surface area contributed by atoms with Gasteiger partial charge in [-0.25, -0.2) is 0 Å². The lowest BCUT2D eigenvalue weighted by Gasteiger charge is -2.00. The number of hydrogen-bond acceptors (Lipinski definition) is 1. The van der Waals surface area contributed by atoms with Crippen LogP contribution < -0.4 is 0 Å². The van der Waals surface area contributed by atoms with E-state index >= 15 is 0 Å². The molecule has 0 atom stereocenters. The van der Waals surface area contributed by atoms with Gasteiger partial charge in [-0.2, -0.15) is 0 Å². The normalized spacial score (nSPS) is 14.6. The Balaban J connectivity index is 2.43. The van der Waals surface area contributed by atoms with Gasteiger partial charge in [0.1, 0.15) is 11.3 Å². The highest BCUT2D eigenvalue weighted by Gasteiger charge is 2.15. The molecule has 0 fully saturated rings. The van der Waals surface area contributed by atoms with Gasteiger partial charge in [-0.15, -0.1) is 0 Å². The van der Waals surface area contributed by atoms with Crippen LogP contribution in [0.3, 0.4) is 0 Å². The maximum atomic E-state index is 5.86. The van der Waals surface area contributed by atoms with E-state index in [1.807, 2.05) is 0 Å². The number of allylic oxidation sites excluding steroid dienone is 1. The Bertz CT molecular complexity index is 522. The average molecular weight is 296 g/mol. The third-order valence-corrected chi connectivity index (χ3v) is 3.45. The second kappa shape index (κ2) is 3.12. The maximum absolute atomic E-state index is 5.86. The summed E-state index contributed by atoms with van der Waals surface area (Å²) < 4.78 is 7.06. The molecule has 1 aliphatic carbocycles. The van der Waals surface area contributed by atoms with Crippen molar-refractivity contribution in [3.63, 3.8) is 0 Å². The lowest BCUT2D eigenvalue weighted by atomic mass is 10.0. The largest absolute Gasteiger partial charge is 0.459 e. The van der Waals surface area contributed by atoms with Crippen molar-refractivity contribution in [1.82, 2.24) is 0 Å². The van der Waals surface area contributed by atoms with Crippen LogP contribution in [0.5, 0.6) is 0 Å². The molecular formula is C12H9IO. The van der Waals surface area contributed by atoms with Gasteiger partial charge >= 0.3 is 0 Å². The van der Waals surface area contributed by atoms with E-state index in [0.717, 1.165) is 24.2 Å². The highest BCUT2D eigenvalue weighted by Crippen LogP contribution is 2.33. The fourth-order valence-corrected chi connectivity index (χ4v) is 2.55. The van der Waals surface area contributed by atoms with Crippen LogP contribution in [-0.4, -0.2) is 0 Å². The number of benzene rings is 1. The Morgan fingerprint density at radius 1 is 1.29 bits per heavy atom. The number of halogens is 1. The molecule has 70 valence electrons. The van der Waals surface area contributed by atoms with Crippen LogP contribution in [0.25, 0.3) is 17.0 Å². The van der Waals surface area contributed by atoms with Crippen LogP contribution in [0.1, 0.15) is 17.7 Å². The Morgan fingerprint density at radius 2 is 2.21 bits per heavy atom. The first kappa shape index (κ1) is 8.53. The zero-order valence-corrected chi connectivity index (χ0v) is 9.74. The molecule has 1 heterocycles. The molecule has 0 N–H and O–H groups in total. The van der Waals surface area contributed by atoms with Crippen molar-refractivity contribution >= 4 is 39.6 Å². The molecule has 0 radical (unpaired) electrons. The fraction of sp³-hybridized carbons (Fsp3) is 0.167. The molecule has 0 aliphatic heterocycles. The molecule has 0 unspecified atom stereocenters. The van der Waals surface area contributed by atoms with Crippen LogP contribution in [0.4, 0.5) is 0 Å². The summed E-state index contributed by atoms with van der Waals surface area (Å²) in [6, 6.07) is 6.30. The minimum atomic E-state index is 1.04. The van der Waals surface area contributed by atoms with Gasteiger partial charge in [0.25, 0.3) is 0 Å². The van der Waals surface area contributed by atoms with Gasteiger partial charge in [0.15, 0.2) is 0 Å². The first-order valence-electron chi connectivity index (χ1n) is 4.73. The number of hydrogen-bond donors (Lipinski definition) is 0. The lowest BCUT2D eigenvalue weighted by molar-refractivity contribution is 0.545. The summed E-state index contributed by atoms with van der Waals surface area (Å²) in [6.07, 6.45) is 6.54. The van der Waals surface area contributed by atoms with E-state index in [2.05, 4.69) is 52.9 Å². The van der Waals surface area contributed by atoms with Crippen molar-refractivity contribution in [2.75, 3.05) is 0 Å². The smallest absolute Gasteiger partial charge is 0.148 e. The van der Waals surface area contributed by atoms with Gasteiger partial charge in [-0.3, -0.25) is 0 Å². The van der Waals surface area contributed by atoms with Crippen molar-refractivity contribution in [1.29, 1.82) is 0 Å². The highest BCUT2D eigenvalue weighted by molar-refractivity contribution is 14.1. The fourth-order valence-electron chi connectivity index (χ4n) is 1.94. The number of furan rings is 1.